The van der Waals surface area contributed by atoms with E-state index in [9.17, 15) is 14.0 Å². The topological polar surface area (TPSA) is 57.6 Å². The van der Waals surface area contributed by atoms with Crippen LogP contribution in [0.15, 0.2) is 48.7 Å². The number of halogens is 2. The first-order valence-corrected chi connectivity index (χ1v) is 12.1. The maximum absolute atomic E-state index is 13.5. The highest BCUT2D eigenvalue weighted by Crippen LogP contribution is 2.37. The molecule has 0 aliphatic carbocycles. The number of piperidine rings is 1. The van der Waals surface area contributed by atoms with Crippen LogP contribution in [0.3, 0.4) is 0 Å². The van der Waals surface area contributed by atoms with E-state index in [4.69, 9.17) is 11.6 Å². The number of rotatable bonds is 7. The summed E-state index contributed by atoms with van der Waals surface area (Å²) in [6, 6.07) is 12.2. The zero-order valence-corrected chi connectivity index (χ0v) is 19.7. The van der Waals surface area contributed by atoms with Crippen molar-refractivity contribution < 1.29 is 14.0 Å². The maximum Gasteiger partial charge on any atom is 0.213 e. The number of ketones is 1. The molecule has 0 spiro atoms. The summed E-state index contributed by atoms with van der Waals surface area (Å²) in [5.74, 6) is -0.184. The third-order valence-corrected chi connectivity index (χ3v) is 7.36. The molecule has 8 heteroatoms. The van der Waals surface area contributed by atoms with E-state index in [-0.39, 0.29) is 17.6 Å². The molecule has 0 saturated carbocycles. The van der Waals surface area contributed by atoms with Crippen LogP contribution in [0.25, 0.3) is 16.6 Å². The van der Waals surface area contributed by atoms with Gasteiger partial charge in [0.25, 0.3) is 0 Å². The van der Waals surface area contributed by atoms with Gasteiger partial charge in [-0.15, -0.1) is 0 Å². The van der Waals surface area contributed by atoms with Crippen molar-refractivity contribution in [3.05, 3.63) is 65.1 Å². The van der Waals surface area contributed by atoms with Crippen LogP contribution in [0.5, 0.6) is 0 Å². The molecule has 0 radical (unpaired) electrons. The molecular weight excluding hydrogens is 455 g/mol. The van der Waals surface area contributed by atoms with Crippen LogP contribution in [-0.2, 0) is 9.59 Å². The molecule has 6 nitrogen and oxygen atoms in total. The van der Waals surface area contributed by atoms with Crippen molar-refractivity contribution in [2.75, 3.05) is 39.4 Å². The summed E-state index contributed by atoms with van der Waals surface area (Å²) >= 11 is 6.35. The number of nitrogens with zero attached hydrogens (tertiary/aromatic N) is 3. The van der Waals surface area contributed by atoms with Crippen molar-refractivity contribution in [2.45, 2.75) is 24.8 Å². The number of aromatic nitrogens is 1. The molecule has 34 heavy (non-hydrogen) atoms. The molecule has 178 valence electrons. The van der Waals surface area contributed by atoms with Gasteiger partial charge in [0, 0.05) is 48.6 Å². The Morgan fingerprint density at radius 3 is 2.56 bits per heavy atom. The zero-order chi connectivity index (χ0) is 23.7. The van der Waals surface area contributed by atoms with Gasteiger partial charge in [-0.05, 0) is 79.9 Å². The fraction of sp³-hybridized carbons (Fsp3) is 0.385. The molecule has 2 aromatic carbocycles. The minimum atomic E-state index is -0.372. The standard InChI is InChI=1S/C26H28ClFN4O2/c27-19-1-6-25-22(13-19)23(14-32(25)21-4-2-20(28)3-5-21)18-7-9-30(10-8-18)11-12-31-15-24(29-17-31)26(34)16-33/h1-6,13-14,16,18,24,29H,7-12,15,17H2. The Morgan fingerprint density at radius 1 is 1.09 bits per heavy atom. The lowest BCUT2D eigenvalue weighted by molar-refractivity contribution is -0.130. The van der Waals surface area contributed by atoms with Crippen molar-refractivity contribution in [3.8, 4) is 5.69 Å². The second kappa shape index (κ2) is 9.96. The number of Topliss-reactive ketones (excluding diaryl/α,β-unsaturated/α-hetero) is 1. The van der Waals surface area contributed by atoms with E-state index in [1.165, 1.54) is 17.7 Å². The summed E-state index contributed by atoms with van der Waals surface area (Å²) in [7, 11) is 0. The van der Waals surface area contributed by atoms with Gasteiger partial charge in [0.2, 0.25) is 5.78 Å². The molecule has 1 N–H and O–H groups in total. The van der Waals surface area contributed by atoms with E-state index in [0.29, 0.717) is 30.4 Å². The van der Waals surface area contributed by atoms with Gasteiger partial charge in [-0.25, -0.2) is 4.39 Å². The predicted molar refractivity (Wildman–Crippen MR) is 131 cm³/mol. The number of aldehydes is 1. The van der Waals surface area contributed by atoms with E-state index in [2.05, 4.69) is 25.9 Å². The molecule has 0 amide bonds. The first-order chi connectivity index (χ1) is 16.5. The summed E-state index contributed by atoms with van der Waals surface area (Å²) in [5, 5.41) is 4.98. The molecule has 2 aliphatic heterocycles. The van der Waals surface area contributed by atoms with Crippen LogP contribution in [0.4, 0.5) is 4.39 Å². The zero-order valence-electron chi connectivity index (χ0n) is 18.9. The van der Waals surface area contributed by atoms with Gasteiger partial charge in [-0.1, -0.05) is 11.6 Å². The van der Waals surface area contributed by atoms with Gasteiger partial charge < -0.3 is 9.47 Å². The van der Waals surface area contributed by atoms with Crippen LogP contribution in [0.1, 0.15) is 24.3 Å². The predicted octanol–water partition coefficient (Wildman–Crippen LogP) is 3.60. The van der Waals surface area contributed by atoms with Crippen LogP contribution in [-0.4, -0.2) is 71.9 Å². The molecule has 2 fully saturated rings. The first-order valence-electron chi connectivity index (χ1n) is 11.8. The maximum atomic E-state index is 13.5. The van der Waals surface area contributed by atoms with Crippen molar-refractivity contribution in [1.82, 2.24) is 19.7 Å². The SMILES string of the molecule is O=CC(=O)C1CN(CCN2CCC(c3cn(-c4ccc(F)cc4)c4ccc(Cl)cc34)CC2)CN1. The largest absolute Gasteiger partial charge is 0.316 e. The van der Waals surface area contributed by atoms with Crippen molar-refractivity contribution >= 4 is 34.6 Å². The Bertz CT molecular complexity index is 1190. The molecule has 1 aromatic heterocycles. The van der Waals surface area contributed by atoms with E-state index in [0.717, 1.165) is 55.6 Å². The van der Waals surface area contributed by atoms with Gasteiger partial charge in [0.1, 0.15) is 5.82 Å². The van der Waals surface area contributed by atoms with Gasteiger partial charge >= 0.3 is 0 Å². The average molecular weight is 483 g/mol. The molecule has 3 heterocycles. The lowest BCUT2D eigenvalue weighted by Crippen LogP contribution is -2.39. The summed E-state index contributed by atoms with van der Waals surface area (Å²) in [4.78, 5) is 26.9. The lowest BCUT2D eigenvalue weighted by Gasteiger charge is -2.33. The minimum absolute atomic E-state index is 0.244. The number of carbonyl (C=O) groups is 2. The molecule has 5 rings (SSSR count). The monoisotopic (exact) mass is 482 g/mol. The first kappa shape index (κ1) is 23.2. The van der Waals surface area contributed by atoms with Crippen LogP contribution in [0.2, 0.25) is 5.02 Å². The highest BCUT2D eigenvalue weighted by molar-refractivity contribution is 6.31. The summed E-state index contributed by atoms with van der Waals surface area (Å²) in [6.07, 6.45) is 4.71. The Hall–Kier alpha value is -2.58. The van der Waals surface area contributed by atoms with E-state index < -0.39 is 0 Å². The molecule has 1 atom stereocenters. The Morgan fingerprint density at radius 2 is 1.82 bits per heavy atom. The molecule has 1 unspecified atom stereocenters. The molecule has 0 bridgehead atoms. The third kappa shape index (κ3) is 4.79. The second-order valence-electron chi connectivity index (χ2n) is 9.22. The fourth-order valence-electron chi connectivity index (χ4n) is 5.19. The van der Waals surface area contributed by atoms with E-state index in [1.807, 2.05) is 18.2 Å². The number of hydrogen-bond acceptors (Lipinski definition) is 5. The van der Waals surface area contributed by atoms with E-state index >= 15 is 0 Å². The number of carbonyl (C=O) groups excluding carboxylic acids is 2. The molecule has 3 aromatic rings. The molecular formula is C26H28ClFN4O2. The van der Waals surface area contributed by atoms with Crippen LogP contribution in [0, 0.1) is 5.82 Å². The fourth-order valence-corrected chi connectivity index (χ4v) is 5.36. The quantitative estimate of drug-likeness (QED) is 0.412. The van der Waals surface area contributed by atoms with Crippen LogP contribution >= 0.6 is 11.6 Å². The Labute approximate surface area is 203 Å². The van der Waals surface area contributed by atoms with Crippen molar-refractivity contribution in [3.63, 3.8) is 0 Å². The number of benzene rings is 2. The lowest BCUT2D eigenvalue weighted by atomic mass is 9.89. The highest BCUT2D eigenvalue weighted by atomic mass is 35.5. The van der Waals surface area contributed by atoms with Crippen LogP contribution < -0.4 is 5.32 Å². The summed E-state index contributed by atoms with van der Waals surface area (Å²) in [6.45, 7) is 5.07. The second-order valence-corrected chi connectivity index (χ2v) is 9.66. The number of nitrogens with one attached hydrogen (secondary N) is 1. The minimum Gasteiger partial charge on any atom is -0.316 e. The molecule has 2 aliphatic rings. The highest BCUT2D eigenvalue weighted by Gasteiger charge is 2.28. The van der Waals surface area contributed by atoms with Gasteiger partial charge in [-0.3, -0.25) is 19.8 Å². The van der Waals surface area contributed by atoms with Crippen molar-refractivity contribution in [2.24, 2.45) is 0 Å². The number of fused-ring (bicyclic) bond motifs is 1. The smallest absolute Gasteiger partial charge is 0.213 e. The van der Waals surface area contributed by atoms with E-state index in [1.54, 1.807) is 12.1 Å². The van der Waals surface area contributed by atoms with Gasteiger partial charge in [0.15, 0.2) is 6.29 Å². The van der Waals surface area contributed by atoms with Gasteiger partial charge in [-0.2, -0.15) is 0 Å². The number of hydrogen-bond donors (Lipinski definition) is 1. The summed E-state index contributed by atoms with van der Waals surface area (Å²) in [5.41, 5.74) is 3.30. The normalized spacial score (nSPS) is 20.2. The third-order valence-electron chi connectivity index (χ3n) is 7.12. The molecule has 2 saturated heterocycles. The number of likely N-dealkylation sites (tertiary alicyclic amines) is 1. The van der Waals surface area contributed by atoms with Gasteiger partial charge in [0.05, 0.1) is 11.6 Å². The summed E-state index contributed by atoms with van der Waals surface area (Å²) < 4.78 is 15.6. The Kier molecular flexibility index (Phi) is 6.79. The van der Waals surface area contributed by atoms with Crippen molar-refractivity contribution in [1.29, 1.82) is 0 Å². The average Bonchev–Trinajstić information content (AvgIpc) is 3.48. The Balaban J connectivity index is 1.25.